The number of carbonyl (C=O) groups excluding carboxylic acids is 1. The van der Waals surface area contributed by atoms with Gasteiger partial charge in [0, 0.05) is 20.6 Å². The minimum Gasteiger partial charge on any atom is -0.496 e. The van der Waals surface area contributed by atoms with Crippen molar-refractivity contribution in [2.75, 3.05) is 13.7 Å². The third-order valence-electron chi connectivity index (χ3n) is 6.89. The molecule has 0 radical (unpaired) electrons. The maximum absolute atomic E-state index is 14.2. The predicted molar refractivity (Wildman–Crippen MR) is 173 cm³/mol. The molecule has 0 bridgehead atoms. The average molecular weight is 682 g/mol. The number of benzene rings is 3. The van der Waals surface area contributed by atoms with E-state index in [9.17, 15) is 9.59 Å². The number of carbonyl (C=O) groups is 1. The molecular formula is C33H30BrClN2O5S. The number of thiazole rings is 1. The van der Waals surface area contributed by atoms with Crippen molar-refractivity contribution in [2.45, 2.75) is 39.3 Å². The molecule has 1 aliphatic rings. The molecule has 1 aromatic heterocycles. The summed E-state index contributed by atoms with van der Waals surface area (Å²) in [6.07, 6.45) is 3.12. The zero-order valence-electron chi connectivity index (χ0n) is 23.9. The Balaban J connectivity index is 1.67. The quantitative estimate of drug-likeness (QED) is 0.177. The average Bonchev–Trinajstić information content (AvgIpc) is 3.31. The minimum absolute atomic E-state index is 0.196. The van der Waals surface area contributed by atoms with Crippen LogP contribution in [0.4, 0.5) is 0 Å². The van der Waals surface area contributed by atoms with Crippen LogP contribution in [0, 0.1) is 0 Å². The molecule has 4 aromatic rings. The molecule has 3 aromatic carbocycles. The second kappa shape index (κ2) is 13.8. The van der Waals surface area contributed by atoms with Gasteiger partial charge in [0.05, 0.1) is 29.5 Å². The van der Waals surface area contributed by atoms with Crippen molar-refractivity contribution in [2.24, 2.45) is 4.99 Å². The highest BCUT2D eigenvalue weighted by Gasteiger charge is 2.36. The van der Waals surface area contributed by atoms with Crippen LogP contribution in [-0.4, -0.2) is 24.3 Å². The van der Waals surface area contributed by atoms with Crippen molar-refractivity contribution in [1.82, 2.24) is 4.57 Å². The van der Waals surface area contributed by atoms with E-state index in [0.29, 0.717) is 55.7 Å². The second-order valence-electron chi connectivity index (χ2n) is 9.75. The largest absolute Gasteiger partial charge is 0.496 e. The summed E-state index contributed by atoms with van der Waals surface area (Å²) in [6, 6.07) is 19.8. The maximum atomic E-state index is 14.2. The normalized spacial score (nSPS) is 14.7. The zero-order valence-corrected chi connectivity index (χ0v) is 27.1. The van der Waals surface area contributed by atoms with E-state index in [4.69, 9.17) is 30.8 Å². The van der Waals surface area contributed by atoms with Gasteiger partial charge in [-0.2, -0.15) is 0 Å². The summed E-state index contributed by atoms with van der Waals surface area (Å²) in [7, 11) is 1.57. The third-order valence-corrected chi connectivity index (χ3v) is 8.62. The molecular weight excluding hydrogens is 652 g/mol. The number of esters is 1. The number of rotatable bonds is 10. The number of allylic oxidation sites excluding steroid dienone is 1. The number of nitrogens with zero attached hydrogens (tertiary/aromatic N) is 2. The van der Waals surface area contributed by atoms with Crippen LogP contribution in [-0.2, 0) is 16.1 Å². The van der Waals surface area contributed by atoms with Gasteiger partial charge in [-0.15, -0.1) is 0 Å². The zero-order chi connectivity index (χ0) is 30.5. The summed E-state index contributed by atoms with van der Waals surface area (Å²) >= 11 is 10.9. The third kappa shape index (κ3) is 6.64. The summed E-state index contributed by atoms with van der Waals surface area (Å²) in [4.78, 5) is 33.0. The van der Waals surface area contributed by atoms with E-state index in [1.54, 1.807) is 18.6 Å². The number of para-hydroxylation sites is 1. The summed E-state index contributed by atoms with van der Waals surface area (Å²) in [6.45, 7) is 4.32. The summed E-state index contributed by atoms with van der Waals surface area (Å²) in [5.74, 6) is 0.674. The molecule has 0 saturated carbocycles. The number of fused-ring (bicyclic) bond motifs is 1. The Morgan fingerprint density at radius 3 is 2.58 bits per heavy atom. The van der Waals surface area contributed by atoms with Crippen LogP contribution in [0.5, 0.6) is 11.5 Å². The minimum atomic E-state index is -0.789. The second-order valence-corrected chi connectivity index (χ2v) is 12.1. The van der Waals surface area contributed by atoms with E-state index in [2.05, 4.69) is 15.9 Å². The molecule has 0 amide bonds. The molecule has 2 heterocycles. The molecule has 1 atom stereocenters. The smallest absolute Gasteiger partial charge is 0.338 e. The summed E-state index contributed by atoms with van der Waals surface area (Å²) in [5.41, 5.74) is 3.04. The topological polar surface area (TPSA) is 79.1 Å². The molecule has 0 unspecified atom stereocenters. The first-order valence-electron chi connectivity index (χ1n) is 13.9. The van der Waals surface area contributed by atoms with Gasteiger partial charge in [-0.3, -0.25) is 9.36 Å². The van der Waals surface area contributed by atoms with Crippen molar-refractivity contribution in [3.63, 3.8) is 0 Å². The van der Waals surface area contributed by atoms with Crippen molar-refractivity contribution in [1.29, 1.82) is 0 Å². The lowest BCUT2D eigenvalue weighted by atomic mass is 9.93. The van der Waals surface area contributed by atoms with Crippen LogP contribution in [0.2, 0.25) is 5.02 Å². The first-order chi connectivity index (χ1) is 20.8. The lowest BCUT2D eigenvalue weighted by Crippen LogP contribution is -2.40. The monoisotopic (exact) mass is 680 g/mol. The number of methoxy groups -OCH3 is 1. The lowest BCUT2D eigenvalue weighted by Gasteiger charge is -2.27. The first kappa shape index (κ1) is 30.8. The molecule has 1 aliphatic heterocycles. The van der Waals surface area contributed by atoms with Crippen molar-refractivity contribution in [3.8, 4) is 11.5 Å². The van der Waals surface area contributed by atoms with E-state index >= 15 is 0 Å². The van der Waals surface area contributed by atoms with Gasteiger partial charge in [0.15, 0.2) is 4.80 Å². The molecule has 222 valence electrons. The Hall–Kier alpha value is -3.66. The highest BCUT2D eigenvalue weighted by atomic mass is 79.9. The summed E-state index contributed by atoms with van der Waals surface area (Å²) in [5, 5.41) is 0.659. The Bertz CT molecular complexity index is 1860. The Morgan fingerprint density at radius 1 is 1.09 bits per heavy atom. The van der Waals surface area contributed by atoms with E-state index in [0.717, 1.165) is 22.0 Å². The van der Waals surface area contributed by atoms with E-state index in [1.165, 1.54) is 11.3 Å². The summed E-state index contributed by atoms with van der Waals surface area (Å²) < 4.78 is 20.2. The van der Waals surface area contributed by atoms with Gasteiger partial charge in [-0.05, 0) is 61.4 Å². The molecule has 0 aliphatic carbocycles. The molecule has 10 heteroatoms. The maximum Gasteiger partial charge on any atom is 0.338 e. The van der Waals surface area contributed by atoms with Crippen LogP contribution < -0.4 is 24.4 Å². The predicted octanol–water partition coefficient (Wildman–Crippen LogP) is 6.58. The fraction of sp³-hybridized carbons (Fsp3) is 0.242. The van der Waals surface area contributed by atoms with Crippen LogP contribution in [0.25, 0.3) is 6.08 Å². The van der Waals surface area contributed by atoms with Gasteiger partial charge in [0.25, 0.3) is 5.56 Å². The van der Waals surface area contributed by atoms with Gasteiger partial charge in [-0.25, -0.2) is 9.79 Å². The number of hydrogen-bond donors (Lipinski definition) is 0. The van der Waals surface area contributed by atoms with E-state index in [-0.39, 0.29) is 12.2 Å². The number of ether oxygens (including phenoxy) is 3. The molecule has 7 nitrogen and oxygen atoms in total. The van der Waals surface area contributed by atoms with Crippen LogP contribution in [0.1, 0.15) is 49.4 Å². The van der Waals surface area contributed by atoms with Gasteiger partial charge in [0.2, 0.25) is 0 Å². The van der Waals surface area contributed by atoms with Crippen molar-refractivity contribution in [3.05, 3.63) is 124 Å². The molecule has 43 heavy (non-hydrogen) atoms. The molecule has 5 rings (SSSR count). The van der Waals surface area contributed by atoms with E-state index in [1.807, 2.05) is 79.7 Å². The van der Waals surface area contributed by atoms with Crippen molar-refractivity contribution < 1.29 is 19.0 Å². The Labute approximate surface area is 266 Å². The fourth-order valence-electron chi connectivity index (χ4n) is 4.95. The number of aromatic nitrogens is 1. The standard InChI is InChI=1S/C33H30BrClN2O5S/c1-4-8-25-29(32(39)41-5-2)30(24-18-22(34)13-16-27(24)40-3)37-31(38)28(43-33(37)36-25)17-21-9-6-7-10-26(21)42-19-20-11-14-23(35)15-12-20/h6-7,9-18,30H,4-5,8,19H2,1-3H3/b28-17+/t30-/m0/s1. The SMILES string of the molecule is CCCC1=C(C(=O)OCC)[C@H](c2cc(Br)ccc2OC)n2c(s/c(=C/c3ccccc3OCc3ccc(Cl)cc3)c2=O)=N1. The van der Waals surface area contributed by atoms with Gasteiger partial charge < -0.3 is 14.2 Å². The van der Waals surface area contributed by atoms with E-state index < -0.39 is 12.0 Å². The highest BCUT2D eigenvalue weighted by molar-refractivity contribution is 9.10. The molecule has 0 saturated heterocycles. The number of hydrogen-bond acceptors (Lipinski definition) is 7. The highest BCUT2D eigenvalue weighted by Crippen LogP contribution is 2.38. The van der Waals surface area contributed by atoms with Crippen molar-refractivity contribution >= 4 is 50.9 Å². The van der Waals surface area contributed by atoms with Crippen LogP contribution in [0.15, 0.2) is 92.3 Å². The van der Waals surface area contributed by atoms with Gasteiger partial charge in [-0.1, -0.05) is 82.5 Å². The van der Waals surface area contributed by atoms with Gasteiger partial charge >= 0.3 is 5.97 Å². The lowest BCUT2D eigenvalue weighted by molar-refractivity contribution is -0.139. The molecule has 0 spiro atoms. The first-order valence-corrected chi connectivity index (χ1v) is 15.8. The van der Waals surface area contributed by atoms with Crippen LogP contribution in [0.3, 0.4) is 0 Å². The molecule has 0 fully saturated rings. The Morgan fingerprint density at radius 2 is 1.86 bits per heavy atom. The fourth-order valence-corrected chi connectivity index (χ4v) is 6.46. The van der Waals surface area contributed by atoms with Gasteiger partial charge in [0.1, 0.15) is 24.1 Å². The number of halogens is 2. The molecule has 0 N–H and O–H groups in total. The van der Waals surface area contributed by atoms with Crippen LogP contribution >= 0.6 is 38.9 Å². The Kier molecular flexibility index (Phi) is 9.85.